The molecule has 1 aromatic rings. The summed E-state index contributed by atoms with van der Waals surface area (Å²) in [6.07, 6.45) is 0.772. The molecule has 1 atom stereocenters. The molecule has 1 rings (SSSR count). The number of carbonyl (C=O) groups is 1. The molecule has 0 spiro atoms. The van der Waals surface area contributed by atoms with Crippen LogP contribution in [0.3, 0.4) is 0 Å². The maximum Gasteiger partial charge on any atom is 0.136 e. The molecular formula is C9H9FOS. The predicted octanol–water partition coefficient (Wildman–Crippen LogP) is 2.42. The summed E-state index contributed by atoms with van der Waals surface area (Å²) in [7, 11) is 0. The molecule has 0 heterocycles. The Hall–Kier alpha value is -0.830. The van der Waals surface area contributed by atoms with Gasteiger partial charge in [-0.3, -0.25) is 0 Å². The molecule has 1 nitrogen and oxygen atoms in total. The quantitative estimate of drug-likeness (QED) is 0.551. The van der Waals surface area contributed by atoms with Crippen molar-refractivity contribution in [2.75, 3.05) is 0 Å². The maximum atomic E-state index is 12.9. The van der Waals surface area contributed by atoms with Crippen molar-refractivity contribution in [3.63, 3.8) is 0 Å². The summed E-state index contributed by atoms with van der Waals surface area (Å²) in [4.78, 5) is 10.7. The topological polar surface area (TPSA) is 17.1 Å². The van der Waals surface area contributed by atoms with Gasteiger partial charge in [-0.05, 0) is 11.6 Å². The number of rotatable bonds is 2. The summed E-state index contributed by atoms with van der Waals surface area (Å²) < 4.78 is 12.9. The molecule has 0 N–H and O–H groups in total. The minimum Gasteiger partial charge on any atom is -0.303 e. The zero-order chi connectivity index (χ0) is 9.14. The Bertz CT molecular complexity index is 299. The van der Waals surface area contributed by atoms with Gasteiger partial charge in [0.25, 0.3) is 0 Å². The highest BCUT2D eigenvalue weighted by molar-refractivity contribution is 7.80. The van der Waals surface area contributed by atoms with Gasteiger partial charge < -0.3 is 4.79 Å². The summed E-state index contributed by atoms with van der Waals surface area (Å²) in [5, 5.41) is 0. The summed E-state index contributed by atoms with van der Waals surface area (Å²) in [6.45, 7) is 1.71. The van der Waals surface area contributed by atoms with Crippen molar-refractivity contribution in [3.05, 3.63) is 29.6 Å². The molecule has 0 radical (unpaired) electrons. The maximum absolute atomic E-state index is 12.9. The standard InChI is InChI=1S/C9H9FOS/c1-6(5-11)7-3-2-4-8(10)9(7)12/h2-6,12H,1H3. The molecule has 0 aliphatic rings. The molecule has 1 unspecified atom stereocenters. The van der Waals surface area contributed by atoms with Crippen LogP contribution in [0.4, 0.5) is 4.39 Å². The van der Waals surface area contributed by atoms with Gasteiger partial charge in [0.2, 0.25) is 0 Å². The van der Waals surface area contributed by atoms with Crippen molar-refractivity contribution in [3.8, 4) is 0 Å². The van der Waals surface area contributed by atoms with E-state index in [1.807, 2.05) is 0 Å². The van der Waals surface area contributed by atoms with Crippen LogP contribution < -0.4 is 0 Å². The molecule has 0 aromatic heterocycles. The molecule has 1 aromatic carbocycles. The molecule has 0 bridgehead atoms. The second-order valence-corrected chi connectivity index (χ2v) is 3.05. The average molecular weight is 184 g/mol. The largest absolute Gasteiger partial charge is 0.303 e. The van der Waals surface area contributed by atoms with Gasteiger partial charge in [-0.25, -0.2) is 4.39 Å². The van der Waals surface area contributed by atoms with Crippen molar-refractivity contribution in [2.24, 2.45) is 0 Å². The summed E-state index contributed by atoms with van der Waals surface area (Å²) in [6, 6.07) is 4.60. The van der Waals surface area contributed by atoms with Crippen LogP contribution in [0, 0.1) is 5.82 Å². The number of hydrogen-bond acceptors (Lipinski definition) is 2. The highest BCUT2D eigenvalue weighted by atomic mass is 32.1. The van der Waals surface area contributed by atoms with Crippen molar-refractivity contribution in [1.82, 2.24) is 0 Å². The van der Waals surface area contributed by atoms with E-state index in [9.17, 15) is 9.18 Å². The molecule has 0 saturated heterocycles. The van der Waals surface area contributed by atoms with Crippen LogP contribution in [0.15, 0.2) is 23.1 Å². The number of halogens is 1. The first-order valence-electron chi connectivity index (χ1n) is 3.59. The van der Waals surface area contributed by atoms with Crippen LogP contribution in [0.5, 0.6) is 0 Å². The first kappa shape index (κ1) is 9.26. The third kappa shape index (κ3) is 1.67. The van der Waals surface area contributed by atoms with Gasteiger partial charge in [0.15, 0.2) is 0 Å². The fourth-order valence-electron chi connectivity index (χ4n) is 0.973. The zero-order valence-electron chi connectivity index (χ0n) is 6.62. The second-order valence-electron chi connectivity index (χ2n) is 2.60. The van der Waals surface area contributed by atoms with E-state index in [0.29, 0.717) is 5.56 Å². The van der Waals surface area contributed by atoms with Crippen LogP contribution in [0.2, 0.25) is 0 Å². The van der Waals surface area contributed by atoms with Crippen molar-refractivity contribution in [2.45, 2.75) is 17.7 Å². The molecule has 0 saturated carbocycles. The van der Waals surface area contributed by atoms with Crippen LogP contribution >= 0.6 is 12.6 Å². The Balaban J connectivity index is 3.15. The minimum atomic E-state index is -0.385. The van der Waals surface area contributed by atoms with Crippen LogP contribution in [-0.4, -0.2) is 6.29 Å². The highest BCUT2D eigenvalue weighted by Gasteiger charge is 2.09. The number of thiol groups is 1. The highest BCUT2D eigenvalue weighted by Crippen LogP contribution is 2.23. The molecule has 12 heavy (non-hydrogen) atoms. The predicted molar refractivity (Wildman–Crippen MR) is 48.1 cm³/mol. The lowest BCUT2D eigenvalue weighted by molar-refractivity contribution is -0.108. The second kappa shape index (κ2) is 3.72. The number of carbonyl (C=O) groups excluding carboxylic acids is 1. The monoisotopic (exact) mass is 184 g/mol. The number of benzene rings is 1. The van der Waals surface area contributed by atoms with Crippen molar-refractivity contribution < 1.29 is 9.18 Å². The Morgan fingerprint density at radius 1 is 1.58 bits per heavy atom. The summed E-state index contributed by atoms with van der Waals surface area (Å²) >= 11 is 3.97. The van der Waals surface area contributed by atoms with Crippen LogP contribution in [0.1, 0.15) is 18.4 Å². The first-order chi connectivity index (χ1) is 5.66. The van der Waals surface area contributed by atoms with Crippen LogP contribution in [-0.2, 0) is 4.79 Å². The summed E-state index contributed by atoms with van der Waals surface area (Å²) in [5.74, 6) is -0.683. The Morgan fingerprint density at radius 3 is 2.83 bits per heavy atom. The molecule has 0 fully saturated rings. The number of hydrogen-bond donors (Lipinski definition) is 1. The van der Waals surface area contributed by atoms with Crippen molar-refractivity contribution in [1.29, 1.82) is 0 Å². The lowest BCUT2D eigenvalue weighted by atomic mass is 10.0. The van der Waals surface area contributed by atoms with E-state index in [2.05, 4.69) is 12.6 Å². The first-order valence-corrected chi connectivity index (χ1v) is 4.04. The van der Waals surface area contributed by atoms with E-state index in [4.69, 9.17) is 0 Å². The van der Waals surface area contributed by atoms with E-state index in [-0.39, 0.29) is 16.6 Å². The van der Waals surface area contributed by atoms with E-state index in [1.165, 1.54) is 6.07 Å². The summed E-state index contributed by atoms with van der Waals surface area (Å²) in [5.41, 5.74) is 0.633. The normalized spacial score (nSPS) is 12.6. The van der Waals surface area contributed by atoms with Gasteiger partial charge in [0, 0.05) is 10.8 Å². The molecule has 0 aliphatic carbocycles. The zero-order valence-corrected chi connectivity index (χ0v) is 7.51. The third-order valence-corrected chi connectivity index (χ3v) is 2.18. The van der Waals surface area contributed by atoms with Gasteiger partial charge in [0.05, 0.1) is 0 Å². The van der Waals surface area contributed by atoms with Gasteiger partial charge in [-0.2, -0.15) is 0 Å². The van der Waals surface area contributed by atoms with Gasteiger partial charge in [0.1, 0.15) is 12.1 Å². The smallest absolute Gasteiger partial charge is 0.136 e. The Morgan fingerprint density at radius 2 is 2.25 bits per heavy atom. The molecule has 3 heteroatoms. The molecule has 0 amide bonds. The average Bonchev–Trinajstić information content (AvgIpc) is 2.08. The van der Waals surface area contributed by atoms with Gasteiger partial charge in [-0.1, -0.05) is 19.1 Å². The molecule has 0 aliphatic heterocycles. The van der Waals surface area contributed by atoms with E-state index in [1.54, 1.807) is 19.1 Å². The van der Waals surface area contributed by atoms with E-state index >= 15 is 0 Å². The Kier molecular flexibility index (Phi) is 2.87. The van der Waals surface area contributed by atoms with Gasteiger partial charge >= 0.3 is 0 Å². The molecular weight excluding hydrogens is 175 g/mol. The third-order valence-electron chi connectivity index (χ3n) is 1.71. The van der Waals surface area contributed by atoms with E-state index < -0.39 is 0 Å². The lowest BCUT2D eigenvalue weighted by Gasteiger charge is -2.07. The van der Waals surface area contributed by atoms with Crippen molar-refractivity contribution >= 4 is 18.9 Å². The fourth-order valence-corrected chi connectivity index (χ4v) is 1.33. The fraction of sp³-hybridized carbons (Fsp3) is 0.222. The number of aldehydes is 1. The van der Waals surface area contributed by atoms with Gasteiger partial charge in [-0.15, -0.1) is 12.6 Å². The Labute approximate surface area is 76.0 Å². The van der Waals surface area contributed by atoms with E-state index in [0.717, 1.165) is 6.29 Å². The SMILES string of the molecule is CC(C=O)c1cccc(F)c1S. The minimum absolute atomic E-state index is 0.261. The molecule has 64 valence electrons. The lowest BCUT2D eigenvalue weighted by Crippen LogP contribution is -1.97. The van der Waals surface area contributed by atoms with Crippen LogP contribution in [0.25, 0.3) is 0 Å².